The fraction of sp³-hybridized carbons (Fsp3) is 1.00. The van der Waals surface area contributed by atoms with Crippen molar-refractivity contribution in [2.75, 3.05) is 13.6 Å². The molecule has 0 aromatic rings. The van der Waals surface area contributed by atoms with E-state index >= 15 is 0 Å². The summed E-state index contributed by atoms with van der Waals surface area (Å²) in [5.41, 5.74) is -5.33. The Bertz CT molecular complexity index is 609. The molecule has 0 saturated heterocycles. The zero-order valence-corrected chi connectivity index (χ0v) is 18.1. The van der Waals surface area contributed by atoms with Crippen LogP contribution in [0.15, 0.2) is 0 Å². The van der Waals surface area contributed by atoms with Crippen molar-refractivity contribution in [3.05, 3.63) is 0 Å². The Morgan fingerprint density at radius 2 is 1.75 bits per heavy atom. The Labute approximate surface area is 174 Å². The largest absolute Gasteiger partial charge is 0.511 e. The number of alkyl halides is 5. The zero-order valence-electron chi connectivity index (χ0n) is 15.8. The molecule has 28 heavy (non-hydrogen) atoms. The lowest BCUT2D eigenvalue weighted by molar-refractivity contribution is -0.0456. The van der Waals surface area contributed by atoms with Gasteiger partial charge in [0.1, 0.15) is 0 Å². The molecule has 11 heteroatoms. The number of halogens is 5. The number of aliphatic hydroxyl groups excluding tert-OH is 1. The molecule has 0 heterocycles. The summed E-state index contributed by atoms with van der Waals surface area (Å²) in [5.74, 6) is -0.221. The third-order valence-corrected chi connectivity index (χ3v) is 8.43. The van der Waals surface area contributed by atoms with Crippen molar-refractivity contribution < 1.29 is 26.7 Å². The molecule has 2 aliphatic carbocycles. The highest BCUT2D eigenvalue weighted by atomic mass is 35.5. The van der Waals surface area contributed by atoms with Crippen LogP contribution in [0.3, 0.4) is 0 Å². The van der Waals surface area contributed by atoms with E-state index in [-0.39, 0.29) is 34.9 Å². The number of hydrogen-bond acceptors (Lipinski definition) is 4. The predicted octanol–water partition coefficient (Wildman–Crippen LogP) is 3.20. The van der Waals surface area contributed by atoms with Crippen molar-refractivity contribution in [1.29, 1.82) is 0 Å². The van der Waals surface area contributed by atoms with Crippen LogP contribution in [0.4, 0.5) is 13.2 Å². The first-order chi connectivity index (χ1) is 13.0. The van der Waals surface area contributed by atoms with Crippen molar-refractivity contribution in [3.63, 3.8) is 0 Å². The van der Waals surface area contributed by atoms with Crippen molar-refractivity contribution in [3.8, 4) is 0 Å². The fourth-order valence-electron chi connectivity index (χ4n) is 4.58. The number of rotatable bonds is 7. The lowest BCUT2D eigenvalue weighted by Gasteiger charge is -2.41. The number of sulfonamides is 1. The molecule has 5 nitrogen and oxygen atoms in total. The van der Waals surface area contributed by atoms with Crippen molar-refractivity contribution >= 4 is 33.2 Å². The topological polar surface area (TPSA) is 78.4 Å². The van der Waals surface area contributed by atoms with Crippen LogP contribution in [-0.4, -0.2) is 55.5 Å². The van der Waals surface area contributed by atoms with E-state index < -0.39 is 27.7 Å². The van der Waals surface area contributed by atoms with Crippen molar-refractivity contribution in [2.24, 2.45) is 17.8 Å². The molecule has 2 fully saturated rings. The fourth-order valence-corrected chi connectivity index (χ4v) is 5.95. The lowest BCUT2D eigenvalue weighted by atomic mass is 9.71. The maximum absolute atomic E-state index is 12.7. The van der Waals surface area contributed by atoms with Crippen LogP contribution in [0.2, 0.25) is 0 Å². The van der Waals surface area contributed by atoms with Crippen LogP contribution in [-0.2, 0) is 10.0 Å². The smallest absolute Gasteiger partial charge is 0.392 e. The standard InChI is InChI=1S/C17H29Cl2F3N2O3S/c1-23-9-13(10-5-6-14(18)15(19)8-10)16(25)11-3-2-4-12(7-11)24-28(26,27)17(20,21)22/h10-16,23-25H,2-9H2,1H3/t10?,11?,12?,13-,14?,15?,16+/m1/s1. The molecule has 0 spiro atoms. The first-order valence-corrected chi connectivity index (χ1v) is 12.0. The van der Waals surface area contributed by atoms with Gasteiger partial charge in [0.25, 0.3) is 0 Å². The van der Waals surface area contributed by atoms with Gasteiger partial charge in [0.15, 0.2) is 0 Å². The first-order valence-electron chi connectivity index (χ1n) is 9.65. The Morgan fingerprint density at radius 1 is 1.07 bits per heavy atom. The molecular formula is C17H29Cl2F3N2O3S. The third kappa shape index (κ3) is 6.11. The molecule has 0 aliphatic heterocycles. The Morgan fingerprint density at radius 3 is 2.32 bits per heavy atom. The van der Waals surface area contributed by atoms with Gasteiger partial charge in [0, 0.05) is 23.9 Å². The summed E-state index contributed by atoms with van der Waals surface area (Å²) in [6.07, 6.45) is 3.25. The monoisotopic (exact) mass is 468 g/mol. The SMILES string of the molecule is CNC[C@H](C1CCC(Cl)C(Cl)C1)[C@@H](O)C1CCCC(NS(=O)(=O)C(F)(F)F)C1. The number of nitrogens with one attached hydrogen (secondary N) is 2. The molecule has 166 valence electrons. The molecule has 2 rings (SSSR count). The van der Waals surface area contributed by atoms with Gasteiger partial charge in [-0.2, -0.15) is 13.2 Å². The molecule has 0 aromatic heterocycles. The highest BCUT2D eigenvalue weighted by Crippen LogP contribution is 2.40. The van der Waals surface area contributed by atoms with Crippen LogP contribution in [0.5, 0.6) is 0 Å². The second kappa shape index (κ2) is 10.0. The minimum atomic E-state index is -5.39. The van der Waals surface area contributed by atoms with Crippen molar-refractivity contribution in [2.45, 2.75) is 73.4 Å². The normalized spacial score (nSPS) is 34.8. The van der Waals surface area contributed by atoms with Gasteiger partial charge >= 0.3 is 15.5 Å². The quantitative estimate of drug-likeness (QED) is 0.501. The lowest BCUT2D eigenvalue weighted by Crippen LogP contribution is -2.48. The van der Waals surface area contributed by atoms with E-state index in [1.165, 1.54) is 0 Å². The molecule has 2 aliphatic rings. The van der Waals surface area contributed by atoms with Gasteiger partial charge in [0.05, 0.1) is 11.5 Å². The van der Waals surface area contributed by atoms with E-state index in [1.807, 2.05) is 0 Å². The van der Waals surface area contributed by atoms with Gasteiger partial charge in [-0.3, -0.25) is 0 Å². The summed E-state index contributed by atoms with van der Waals surface area (Å²) in [6.45, 7) is 0.553. The summed E-state index contributed by atoms with van der Waals surface area (Å²) in [6, 6.07) is -0.824. The van der Waals surface area contributed by atoms with Crippen LogP contribution in [0.1, 0.15) is 44.9 Å². The molecule has 5 unspecified atom stereocenters. The average Bonchev–Trinajstić information content (AvgIpc) is 2.60. The average molecular weight is 469 g/mol. The van der Waals surface area contributed by atoms with E-state index in [1.54, 1.807) is 11.8 Å². The summed E-state index contributed by atoms with van der Waals surface area (Å²) >= 11 is 12.5. The van der Waals surface area contributed by atoms with E-state index in [0.29, 0.717) is 32.2 Å². The molecule has 0 aromatic carbocycles. The molecule has 3 N–H and O–H groups in total. The Hall–Kier alpha value is 0.200. The first kappa shape index (κ1) is 24.5. The van der Waals surface area contributed by atoms with Gasteiger partial charge in [-0.1, -0.05) is 6.42 Å². The maximum Gasteiger partial charge on any atom is 0.511 e. The molecule has 7 atom stereocenters. The summed E-state index contributed by atoms with van der Waals surface area (Å²) in [5, 5.41) is 13.8. The molecule has 0 amide bonds. The van der Waals surface area contributed by atoms with Crippen molar-refractivity contribution in [1.82, 2.24) is 10.0 Å². The third-order valence-electron chi connectivity index (χ3n) is 6.04. The Balaban J connectivity index is 2.04. The van der Waals surface area contributed by atoms with Crippen LogP contribution < -0.4 is 10.0 Å². The van der Waals surface area contributed by atoms with E-state index in [0.717, 1.165) is 12.8 Å². The highest BCUT2D eigenvalue weighted by molar-refractivity contribution is 7.90. The van der Waals surface area contributed by atoms with Gasteiger partial charge in [-0.15, -0.1) is 23.2 Å². The minimum absolute atomic E-state index is 0.0962. The van der Waals surface area contributed by atoms with Gasteiger partial charge < -0.3 is 10.4 Å². The minimum Gasteiger partial charge on any atom is -0.392 e. The van der Waals surface area contributed by atoms with Gasteiger partial charge in [-0.25, -0.2) is 13.1 Å². The maximum atomic E-state index is 12.7. The van der Waals surface area contributed by atoms with E-state index in [2.05, 4.69) is 5.32 Å². The van der Waals surface area contributed by atoms with Crippen LogP contribution >= 0.6 is 23.2 Å². The van der Waals surface area contributed by atoms with Crippen LogP contribution in [0, 0.1) is 17.8 Å². The molecular weight excluding hydrogens is 440 g/mol. The summed E-state index contributed by atoms with van der Waals surface area (Å²) < 4.78 is 62.5. The second-order valence-electron chi connectivity index (χ2n) is 8.01. The van der Waals surface area contributed by atoms with E-state index in [9.17, 15) is 26.7 Å². The molecule has 2 saturated carbocycles. The number of hydrogen-bond donors (Lipinski definition) is 3. The highest BCUT2D eigenvalue weighted by Gasteiger charge is 2.47. The van der Waals surface area contributed by atoms with E-state index in [4.69, 9.17) is 23.2 Å². The summed E-state index contributed by atoms with van der Waals surface area (Å²) in [7, 11) is -3.60. The molecule has 0 bridgehead atoms. The predicted molar refractivity (Wildman–Crippen MR) is 104 cm³/mol. The second-order valence-corrected chi connectivity index (χ2v) is 10.8. The Kier molecular flexibility index (Phi) is 8.74. The molecule has 0 radical (unpaired) electrons. The van der Waals surface area contributed by atoms with Gasteiger partial charge in [0.2, 0.25) is 0 Å². The number of aliphatic hydroxyl groups is 1. The zero-order chi connectivity index (χ0) is 21.1. The van der Waals surface area contributed by atoms with Gasteiger partial charge in [-0.05, 0) is 57.4 Å². The summed E-state index contributed by atoms with van der Waals surface area (Å²) in [4.78, 5) is 0. The van der Waals surface area contributed by atoms with Crippen LogP contribution in [0.25, 0.3) is 0 Å².